The Balaban J connectivity index is 1.75. The fourth-order valence-electron chi connectivity index (χ4n) is 4.82. The number of hydrogen-bond donors (Lipinski definition) is 11. The zero-order valence-corrected chi connectivity index (χ0v) is 16.9. The molecule has 2 saturated heterocycles. The van der Waals surface area contributed by atoms with Gasteiger partial charge in [0.1, 0.15) is 6.04 Å². The second-order valence-electron chi connectivity index (χ2n) is 8.32. The molecule has 2 fully saturated rings. The van der Waals surface area contributed by atoms with E-state index in [1.807, 2.05) is 5.32 Å². The number of hydrogen-bond acceptors (Lipinski definition) is 13. The number of nitrogens with one attached hydrogen (secondary N) is 1. The number of fused-ring (bicyclic) bond motifs is 3. The summed E-state index contributed by atoms with van der Waals surface area (Å²) in [5.41, 5.74) is -0.627. The van der Waals surface area contributed by atoms with Crippen LogP contribution in [0.25, 0.3) is 10.9 Å². The smallest absolute Gasteiger partial charge is 0.363 e. The molecule has 4 rings (SSSR count). The summed E-state index contributed by atoms with van der Waals surface area (Å²) in [4.78, 5) is 13.3. The molecular weight excluding hydrogens is 448 g/mol. The third-order valence-corrected chi connectivity index (χ3v) is 6.17. The number of carbonyl (C=O) groups is 1. The van der Waals surface area contributed by atoms with Crippen LogP contribution in [0.4, 0.5) is 0 Å². The number of rotatable bonds is 4. The molecule has 33 heavy (non-hydrogen) atoms. The van der Waals surface area contributed by atoms with Gasteiger partial charge in [-0.1, -0.05) is 18.2 Å². The number of aliphatic hydroxyl groups is 10. The molecule has 1 aromatic carbocycles. The van der Waals surface area contributed by atoms with Crippen LogP contribution in [-0.4, -0.2) is 107 Å². The van der Waals surface area contributed by atoms with Crippen molar-refractivity contribution in [1.82, 2.24) is 20.0 Å². The van der Waals surface area contributed by atoms with Crippen LogP contribution in [0.1, 0.15) is 29.8 Å². The molecule has 3 heterocycles. The minimum absolute atomic E-state index is 0.00259. The van der Waals surface area contributed by atoms with Gasteiger partial charge in [-0.3, -0.25) is 4.79 Å². The molecule has 182 valence electrons. The zero-order valence-electron chi connectivity index (χ0n) is 16.9. The molecule has 2 aromatic rings. The highest BCUT2D eigenvalue weighted by Gasteiger charge is 2.69. The van der Waals surface area contributed by atoms with Gasteiger partial charge in [-0.05, 0) is 25.3 Å². The number of aromatic nitrogens is 2. The van der Waals surface area contributed by atoms with Crippen LogP contribution in [0.2, 0.25) is 0 Å². The predicted octanol–water partition coefficient (Wildman–Crippen LogP) is -5.13. The quantitative estimate of drug-likeness (QED) is 0.186. The lowest BCUT2D eigenvalue weighted by molar-refractivity contribution is -0.469. The van der Waals surface area contributed by atoms with Gasteiger partial charge in [-0.2, -0.15) is 9.78 Å². The maximum atomic E-state index is 13.0. The van der Waals surface area contributed by atoms with Crippen molar-refractivity contribution in [3.8, 4) is 0 Å². The van der Waals surface area contributed by atoms with Crippen molar-refractivity contribution in [3.05, 3.63) is 30.0 Å². The molecule has 15 nitrogen and oxygen atoms in total. The largest absolute Gasteiger partial charge is 0.389 e. The van der Waals surface area contributed by atoms with E-state index in [2.05, 4.69) is 5.10 Å². The molecule has 0 radical (unpaired) electrons. The summed E-state index contributed by atoms with van der Waals surface area (Å²) >= 11 is 0. The number of amides is 1. The van der Waals surface area contributed by atoms with Gasteiger partial charge in [0.05, 0.1) is 17.6 Å². The van der Waals surface area contributed by atoms with Crippen LogP contribution in [0.5, 0.6) is 0 Å². The normalized spacial score (nSPS) is 27.5. The summed E-state index contributed by atoms with van der Waals surface area (Å²) in [7, 11) is 0. The van der Waals surface area contributed by atoms with E-state index in [0.29, 0.717) is 9.58 Å². The molecule has 2 unspecified atom stereocenters. The average molecular weight is 472 g/mol. The topological polar surface area (TPSA) is 252 Å². The van der Waals surface area contributed by atoms with Crippen molar-refractivity contribution in [1.29, 1.82) is 0 Å². The first kappa shape index (κ1) is 23.9. The third-order valence-electron chi connectivity index (χ3n) is 6.17. The minimum atomic E-state index is -3.63. The van der Waals surface area contributed by atoms with E-state index in [4.69, 9.17) is 0 Å². The SMILES string of the molecule is O=C(NC1C(O)(O)C2CCCC(N2C(O)(O)O)C1(O)O)c1nn(C(O)(O)O)c2ccccc12. The average Bonchev–Trinajstić information content (AvgIpc) is 3.10. The molecule has 0 spiro atoms. The van der Waals surface area contributed by atoms with Gasteiger partial charge < -0.3 is 56.4 Å². The molecule has 2 atom stereocenters. The van der Waals surface area contributed by atoms with Crippen LogP contribution < -0.4 is 5.32 Å². The second kappa shape index (κ2) is 7.36. The van der Waals surface area contributed by atoms with Crippen LogP contribution in [0.3, 0.4) is 0 Å². The summed E-state index contributed by atoms with van der Waals surface area (Å²) < 4.78 is 0.308. The lowest BCUT2D eigenvalue weighted by atomic mass is 9.73. The first-order valence-electron chi connectivity index (χ1n) is 9.89. The van der Waals surface area contributed by atoms with Crippen molar-refractivity contribution < 1.29 is 55.9 Å². The van der Waals surface area contributed by atoms with Crippen molar-refractivity contribution >= 4 is 16.8 Å². The minimum Gasteiger partial charge on any atom is -0.363 e. The lowest BCUT2D eigenvalue weighted by Gasteiger charge is -2.60. The van der Waals surface area contributed by atoms with Gasteiger partial charge in [0.25, 0.3) is 5.91 Å². The van der Waals surface area contributed by atoms with Crippen molar-refractivity contribution in [2.24, 2.45) is 0 Å². The van der Waals surface area contributed by atoms with Crippen molar-refractivity contribution in [3.63, 3.8) is 0 Å². The molecule has 11 N–H and O–H groups in total. The fraction of sp³-hybridized carbons (Fsp3) is 0.556. The van der Waals surface area contributed by atoms with E-state index < -0.39 is 53.5 Å². The second-order valence-corrected chi connectivity index (χ2v) is 8.32. The zero-order chi connectivity index (χ0) is 24.6. The molecular formula is C18H24N4O11. The molecule has 0 aliphatic carbocycles. The molecule has 15 heteroatoms. The molecule has 2 aliphatic heterocycles. The summed E-state index contributed by atoms with van der Waals surface area (Å²) in [6, 6.07) is 0.0482. The fourth-order valence-corrected chi connectivity index (χ4v) is 4.82. The van der Waals surface area contributed by atoms with Gasteiger partial charge in [-0.25, -0.2) is 4.90 Å². The Hall–Kier alpha value is -2.28. The number of nitrogens with zero attached hydrogens (tertiary/aromatic N) is 3. The summed E-state index contributed by atoms with van der Waals surface area (Å²) in [5.74, 6) is -7.60. The highest BCUT2D eigenvalue weighted by Crippen LogP contribution is 2.45. The van der Waals surface area contributed by atoms with Gasteiger partial charge in [-0.15, -0.1) is 0 Å². The molecule has 2 aliphatic rings. The van der Waals surface area contributed by atoms with Crippen molar-refractivity contribution in [2.45, 2.75) is 61.2 Å². The van der Waals surface area contributed by atoms with E-state index >= 15 is 0 Å². The number of carbonyl (C=O) groups excluding carboxylic acids is 1. The van der Waals surface area contributed by atoms with E-state index in [1.54, 1.807) is 0 Å². The summed E-state index contributed by atoms with van der Waals surface area (Å²) in [6.45, 7) is 0. The summed E-state index contributed by atoms with van der Waals surface area (Å²) in [6.07, 6.45) is -7.14. The van der Waals surface area contributed by atoms with E-state index in [-0.39, 0.29) is 30.2 Å². The van der Waals surface area contributed by atoms with Gasteiger partial charge in [0.2, 0.25) is 11.6 Å². The summed E-state index contributed by atoms with van der Waals surface area (Å²) in [5, 5.41) is 106. The molecule has 2 bridgehead atoms. The Morgan fingerprint density at radius 3 is 2.00 bits per heavy atom. The first-order valence-corrected chi connectivity index (χ1v) is 9.89. The maximum absolute atomic E-state index is 13.0. The lowest BCUT2D eigenvalue weighted by Crippen LogP contribution is -2.85. The molecule has 1 amide bonds. The van der Waals surface area contributed by atoms with Crippen LogP contribution in [0.15, 0.2) is 24.3 Å². The van der Waals surface area contributed by atoms with E-state index in [1.165, 1.54) is 24.3 Å². The third kappa shape index (κ3) is 3.69. The Morgan fingerprint density at radius 2 is 1.48 bits per heavy atom. The predicted molar refractivity (Wildman–Crippen MR) is 103 cm³/mol. The molecule has 0 saturated carbocycles. The van der Waals surface area contributed by atoms with Gasteiger partial charge >= 0.3 is 12.2 Å². The standard InChI is InChI=1S/C18H24N4O11/c23-13(12-8-4-1-2-5-9(8)22(20-12)18(31,32)33)19-14-15(24,25)10-6-3-7-11(16(14,26)27)21(10)17(28,29)30/h1-2,4-5,10-11,14,24-33H,3,6-7H2,(H,19,23). The number of benzene rings is 1. The van der Waals surface area contributed by atoms with Gasteiger partial charge in [0, 0.05) is 5.39 Å². The monoisotopic (exact) mass is 472 g/mol. The Labute approximate surface area is 184 Å². The Kier molecular flexibility index (Phi) is 5.32. The van der Waals surface area contributed by atoms with Crippen LogP contribution >= 0.6 is 0 Å². The highest BCUT2D eigenvalue weighted by molar-refractivity contribution is 6.05. The van der Waals surface area contributed by atoms with Crippen LogP contribution in [0, 0.1) is 0 Å². The van der Waals surface area contributed by atoms with E-state index in [0.717, 1.165) is 0 Å². The molecule has 1 aromatic heterocycles. The Bertz CT molecular complexity index is 1050. The maximum Gasteiger partial charge on any atom is 0.389 e. The first-order chi connectivity index (χ1) is 15.1. The number of piperidine rings is 2. The Morgan fingerprint density at radius 1 is 0.939 bits per heavy atom. The highest BCUT2D eigenvalue weighted by atomic mass is 16.7. The van der Waals surface area contributed by atoms with Crippen LogP contribution in [-0.2, 0) is 6.10 Å². The number of para-hydroxylation sites is 1. The van der Waals surface area contributed by atoms with Crippen molar-refractivity contribution in [2.75, 3.05) is 0 Å². The van der Waals surface area contributed by atoms with E-state index in [9.17, 15) is 55.9 Å². The van der Waals surface area contributed by atoms with Gasteiger partial charge in [0.15, 0.2) is 5.69 Å².